The molecule has 0 amide bonds. The maximum atomic E-state index is 5.44. The van der Waals surface area contributed by atoms with E-state index in [0.29, 0.717) is 6.10 Å². The Kier molecular flexibility index (Phi) is 5.37. The topological polar surface area (TPSA) is 21.8 Å². The fraction of sp³-hybridized carbons (Fsp3) is 1.00. The Morgan fingerprint density at radius 1 is 1.25 bits per heavy atom. The molecule has 0 N–H and O–H groups in total. The largest absolute Gasteiger partial charge is 0.381 e. The Labute approximate surface area is 75.2 Å². The molecule has 0 bridgehead atoms. The van der Waals surface area contributed by atoms with Gasteiger partial charge in [0, 0.05) is 13.2 Å². The van der Waals surface area contributed by atoms with Crippen LogP contribution < -0.4 is 0 Å². The van der Waals surface area contributed by atoms with E-state index in [9.17, 15) is 0 Å². The summed E-state index contributed by atoms with van der Waals surface area (Å²) in [5.41, 5.74) is 0. The van der Waals surface area contributed by atoms with Crippen molar-refractivity contribution in [2.45, 2.75) is 45.1 Å². The van der Waals surface area contributed by atoms with E-state index in [2.05, 4.69) is 6.92 Å². The van der Waals surface area contributed by atoms with Gasteiger partial charge in [0.15, 0.2) is 0 Å². The van der Waals surface area contributed by atoms with Crippen LogP contribution in [0.2, 0.25) is 0 Å². The molecule has 12 heavy (non-hydrogen) atoms. The summed E-state index contributed by atoms with van der Waals surface area (Å²) in [6.45, 7) is 5.06. The fourth-order valence-electron chi connectivity index (χ4n) is 1.16. The second-order valence-electron chi connectivity index (χ2n) is 3.42. The third-order valence-corrected chi connectivity index (χ3v) is 2.11. The molecule has 2 heteroatoms. The van der Waals surface area contributed by atoms with Crippen LogP contribution in [0.3, 0.4) is 0 Å². The quantitative estimate of drug-likeness (QED) is 0.414. The Morgan fingerprint density at radius 2 is 2.00 bits per heavy atom. The molecule has 2 nitrogen and oxygen atoms in total. The smallest absolute Gasteiger partial charge is 0.0810 e. The zero-order chi connectivity index (χ0) is 8.65. The molecule has 72 valence electrons. The minimum Gasteiger partial charge on any atom is -0.381 e. The van der Waals surface area contributed by atoms with Crippen molar-refractivity contribution in [1.82, 2.24) is 0 Å². The van der Waals surface area contributed by atoms with Gasteiger partial charge in [0.05, 0.1) is 12.7 Å². The molecule has 0 spiro atoms. The average molecular weight is 172 g/mol. The first-order chi connectivity index (χ1) is 5.93. The number of hydrogen-bond donors (Lipinski definition) is 0. The molecule has 1 atom stereocenters. The SMILES string of the molecule is CCCCOCCCCC1CO1. The van der Waals surface area contributed by atoms with Crippen LogP contribution in [-0.2, 0) is 9.47 Å². The molecular formula is C10H20O2. The third kappa shape index (κ3) is 5.56. The van der Waals surface area contributed by atoms with Gasteiger partial charge in [-0.05, 0) is 25.7 Å². The molecule has 1 rings (SSSR count). The molecule has 1 saturated heterocycles. The maximum absolute atomic E-state index is 5.44. The van der Waals surface area contributed by atoms with Gasteiger partial charge in [0.2, 0.25) is 0 Å². The highest BCUT2D eigenvalue weighted by Crippen LogP contribution is 2.16. The van der Waals surface area contributed by atoms with Crippen LogP contribution in [0.15, 0.2) is 0 Å². The van der Waals surface area contributed by atoms with Gasteiger partial charge in [-0.3, -0.25) is 0 Å². The second kappa shape index (κ2) is 6.44. The highest BCUT2D eigenvalue weighted by Gasteiger charge is 2.20. The lowest BCUT2D eigenvalue weighted by molar-refractivity contribution is 0.126. The predicted molar refractivity (Wildman–Crippen MR) is 49.3 cm³/mol. The van der Waals surface area contributed by atoms with Gasteiger partial charge in [-0.1, -0.05) is 13.3 Å². The minimum absolute atomic E-state index is 0.598. The zero-order valence-corrected chi connectivity index (χ0v) is 8.05. The van der Waals surface area contributed by atoms with Crippen molar-refractivity contribution in [3.63, 3.8) is 0 Å². The first kappa shape index (κ1) is 10.0. The molecule has 0 saturated carbocycles. The molecule has 0 radical (unpaired) electrons. The maximum Gasteiger partial charge on any atom is 0.0810 e. The van der Waals surface area contributed by atoms with Gasteiger partial charge in [0.1, 0.15) is 0 Å². The molecule has 1 fully saturated rings. The Morgan fingerprint density at radius 3 is 2.67 bits per heavy atom. The lowest BCUT2D eigenvalue weighted by Gasteiger charge is -2.01. The van der Waals surface area contributed by atoms with E-state index in [0.717, 1.165) is 19.8 Å². The van der Waals surface area contributed by atoms with Crippen LogP contribution in [0.1, 0.15) is 39.0 Å². The normalized spacial score (nSPS) is 21.2. The number of rotatable bonds is 8. The summed E-state index contributed by atoms with van der Waals surface area (Å²) in [5.74, 6) is 0. The number of epoxide rings is 1. The molecule has 1 aliphatic rings. The summed E-state index contributed by atoms with van der Waals surface area (Å²) in [4.78, 5) is 0. The highest BCUT2D eigenvalue weighted by molar-refractivity contribution is 4.67. The Hall–Kier alpha value is -0.0800. The third-order valence-electron chi connectivity index (χ3n) is 2.11. The van der Waals surface area contributed by atoms with E-state index in [1.807, 2.05) is 0 Å². The summed E-state index contributed by atoms with van der Waals surface area (Å²) >= 11 is 0. The van der Waals surface area contributed by atoms with Gasteiger partial charge in [-0.2, -0.15) is 0 Å². The van der Waals surface area contributed by atoms with Crippen molar-refractivity contribution >= 4 is 0 Å². The summed E-state index contributed by atoms with van der Waals surface area (Å²) in [5, 5.41) is 0. The zero-order valence-electron chi connectivity index (χ0n) is 8.05. The highest BCUT2D eigenvalue weighted by atomic mass is 16.6. The summed E-state index contributed by atoms with van der Waals surface area (Å²) in [6, 6.07) is 0. The van der Waals surface area contributed by atoms with Crippen LogP contribution in [-0.4, -0.2) is 25.9 Å². The first-order valence-electron chi connectivity index (χ1n) is 5.13. The minimum atomic E-state index is 0.598. The van der Waals surface area contributed by atoms with Crippen molar-refractivity contribution < 1.29 is 9.47 Å². The summed E-state index contributed by atoms with van der Waals surface area (Å²) in [6.07, 6.45) is 6.72. The van der Waals surface area contributed by atoms with E-state index < -0.39 is 0 Å². The van der Waals surface area contributed by atoms with Crippen LogP contribution >= 0.6 is 0 Å². The first-order valence-corrected chi connectivity index (χ1v) is 5.13. The monoisotopic (exact) mass is 172 g/mol. The van der Waals surface area contributed by atoms with Crippen molar-refractivity contribution in [2.24, 2.45) is 0 Å². The molecule has 1 unspecified atom stereocenters. The fourth-order valence-corrected chi connectivity index (χ4v) is 1.16. The van der Waals surface area contributed by atoms with E-state index in [-0.39, 0.29) is 0 Å². The molecule has 0 aromatic carbocycles. The van der Waals surface area contributed by atoms with Crippen LogP contribution in [0, 0.1) is 0 Å². The van der Waals surface area contributed by atoms with Crippen LogP contribution in [0.4, 0.5) is 0 Å². The van der Waals surface area contributed by atoms with Gasteiger partial charge in [-0.15, -0.1) is 0 Å². The van der Waals surface area contributed by atoms with E-state index >= 15 is 0 Å². The van der Waals surface area contributed by atoms with Gasteiger partial charge in [0.25, 0.3) is 0 Å². The van der Waals surface area contributed by atoms with Crippen LogP contribution in [0.25, 0.3) is 0 Å². The lowest BCUT2D eigenvalue weighted by atomic mass is 10.2. The van der Waals surface area contributed by atoms with E-state index in [1.165, 1.54) is 32.1 Å². The second-order valence-corrected chi connectivity index (χ2v) is 3.42. The number of unbranched alkanes of at least 4 members (excludes halogenated alkanes) is 2. The number of hydrogen-bond acceptors (Lipinski definition) is 2. The lowest BCUT2D eigenvalue weighted by Crippen LogP contribution is -1.97. The molecule has 0 aliphatic carbocycles. The van der Waals surface area contributed by atoms with Crippen molar-refractivity contribution in [2.75, 3.05) is 19.8 Å². The van der Waals surface area contributed by atoms with E-state index in [1.54, 1.807) is 0 Å². The van der Waals surface area contributed by atoms with Crippen molar-refractivity contribution in [3.8, 4) is 0 Å². The van der Waals surface area contributed by atoms with Crippen molar-refractivity contribution in [1.29, 1.82) is 0 Å². The molecular weight excluding hydrogens is 152 g/mol. The predicted octanol–water partition coefficient (Wildman–Crippen LogP) is 2.37. The summed E-state index contributed by atoms with van der Waals surface area (Å²) < 4.78 is 10.5. The average Bonchev–Trinajstić information content (AvgIpc) is 2.87. The molecule has 0 aromatic rings. The standard InChI is InChI=1S/C10H20O2/c1-2-3-7-11-8-5-4-6-10-9-12-10/h10H,2-9H2,1H3. The van der Waals surface area contributed by atoms with Gasteiger partial charge < -0.3 is 9.47 Å². The van der Waals surface area contributed by atoms with Gasteiger partial charge >= 0.3 is 0 Å². The Balaban J connectivity index is 1.65. The number of ether oxygens (including phenoxy) is 2. The Bertz CT molecular complexity index is 100. The van der Waals surface area contributed by atoms with E-state index in [4.69, 9.17) is 9.47 Å². The molecule has 0 aromatic heterocycles. The molecule has 1 heterocycles. The van der Waals surface area contributed by atoms with Crippen LogP contribution in [0.5, 0.6) is 0 Å². The summed E-state index contributed by atoms with van der Waals surface area (Å²) in [7, 11) is 0. The van der Waals surface area contributed by atoms with Crippen molar-refractivity contribution in [3.05, 3.63) is 0 Å². The molecule has 1 aliphatic heterocycles. The van der Waals surface area contributed by atoms with Gasteiger partial charge in [-0.25, -0.2) is 0 Å².